The first-order chi connectivity index (χ1) is 11.1. The van der Waals surface area contributed by atoms with Gasteiger partial charge in [-0.25, -0.2) is 4.99 Å². The predicted molar refractivity (Wildman–Crippen MR) is 97.2 cm³/mol. The Hall–Kier alpha value is -2.21. The number of benzene rings is 1. The molecule has 0 aromatic heterocycles. The maximum atomic E-state index is 5.33. The fraction of sp³-hybridized carbons (Fsp3) is 0.235. The molecule has 0 spiro atoms. The fourth-order valence-electron chi connectivity index (χ4n) is 2.20. The van der Waals surface area contributed by atoms with Crippen molar-refractivity contribution in [1.82, 2.24) is 10.2 Å². The minimum atomic E-state index is 0.645. The molecule has 1 aromatic rings. The average molecular weight is 378 g/mol. The van der Waals surface area contributed by atoms with Crippen LogP contribution in [0.4, 0.5) is 5.69 Å². The third-order valence-corrected chi connectivity index (χ3v) is 3.61. The van der Waals surface area contributed by atoms with E-state index in [0.29, 0.717) is 11.5 Å². The van der Waals surface area contributed by atoms with Crippen LogP contribution in [0.15, 0.2) is 58.0 Å². The molecular weight excluding hydrogens is 358 g/mol. The van der Waals surface area contributed by atoms with Gasteiger partial charge >= 0.3 is 0 Å². The molecule has 0 radical (unpaired) electrons. The number of hydrogen-bond donors (Lipinski definition) is 1. The lowest BCUT2D eigenvalue weighted by atomic mass is 10.2. The first-order valence-corrected chi connectivity index (χ1v) is 7.95. The average Bonchev–Trinajstić information content (AvgIpc) is 2.55. The lowest BCUT2D eigenvalue weighted by Gasteiger charge is -2.27. The number of hydrogen-bond acceptors (Lipinski definition) is 4. The number of aliphatic imine (C=N–C) groups is 1. The molecule has 1 aliphatic heterocycles. The highest BCUT2D eigenvalue weighted by Crippen LogP contribution is 2.31. The second-order valence-corrected chi connectivity index (χ2v) is 5.52. The van der Waals surface area contributed by atoms with Crippen LogP contribution in [0.5, 0.6) is 11.5 Å². The molecule has 1 heterocycles. The van der Waals surface area contributed by atoms with Gasteiger partial charge in [0.25, 0.3) is 0 Å². The van der Waals surface area contributed by atoms with E-state index in [1.54, 1.807) is 14.2 Å². The number of methoxy groups -OCH3 is 2. The Balaban J connectivity index is 2.43. The number of amidine groups is 1. The second-order valence-electron chi connectivity index (χ2n) is 4.67. The Morgan fingerprint density at radius 2 is 1.91 bits per heavy atom. The molecule has 0 unspecified atom stereocenters. The van der Waals surface area contributed by atoms with Crippen LogP contribution >= 0.6 is 15.9 Å². The molecule has 1 aromatic carbocycles. The van der Waals surface area contributed by atoms with Gasteiger partial charge in [0.1, 0.15) is 4.61 Å². The molecule has 0 aliphatic carbocycles. The van der Waals surface area contributed by atoms with E-state index < -0.39 is 0 Å². The number of nitrogens with zero attached hydrogens (tertiary/aromatic N) is 2. The van der Waals surface area contributed by atoms with Crippen molar-refractivity contribution in [2.45, 2.75) is 13.8 Å². The number of ether oxygens (including phenoxy) is 2. The van der Waals surface area contributed by atoms with Crippen LogP contribution in [0.2, 0.25) is 0 Å². The van der Waals surface area contributed by atoms with Crippen molar-refractivity contribution < 1.29 is 9.47 Å². The van der Waals surface area contributed by atoms with E-state index in [2.05, 4.69) is 21.2 Å². The van der Waals surface area contributed by atoms with Gasteiger partial charge in [-0.15, -0.1) is 0 Å². The molecule has 6 heteroatoms. The lowest BCUT2D eigenvalue weighted by Crippen LogP contribution is -2.34. The van der Waals surface area contributed by atoms with Crippen LogP contribution in [0.1, 0.15) is 13.8 Å². The molecule has 0 amide bonds. The molecule has 0 atom stereocenters. The topological polar surface area (TPSA) is 46.1 Å². The summed E-state index contributed by atoms with van der Waals surface area (Å²) < 4.78 is 11.4. The minimum Gasteiger partial charge on any atom is -0.493 e. The molecule has 0 saturated heterocycles. The standard InChI is InChI=1S/C17H20BrN3O2/c1-5-9-21-11-16(18)20-17(13(21)6-2)19-12-7-8-14(22-3)15(10-12)23-4/h5-11H,1-4H3,(H,19,20)/b9-5-,13-6?. The van der Waals surface area contributed by atoms with Crippen molar-refractivity contribution >= 4 is 27.5 Å². The van der Waals surface area contributed by atoms with E-state index in [1.807, 2.05) is 61.5 Å². The first kappa shape index (κ1) is 17.1. The van der Waals surface area contributed by atoms with Crippen molar-refractivity contribution in [1.29, 1.82) is 0 Å². The summed E-state index contributed by atoms with van der Waals surface area (Å²) in [5.41, 5.74) is 1.73. The fourth-order valence-corrected chi connectivity index (χ4v) is 2.61. The summed E-state index contributed by atoms with van der Waals surface area (Å²) in [6, 6.07) is 5.56. The van der Waals surface area contributed by atoms with Crippen molar-refractivity contribution in [3.8, 4) is 11.5 Å². The van der Waals surface area contributed by atoms with Gasteiger partial charge in [0, 0.05) is 18.5 Å². The number of allylic oxidation sites excluding steroid dienone is 2. The zero-order chi connectivity index (χ0) is 16.8. The molecular formula is C17H20BrN3O2. The van der Waals surface area contributed by atoms with Crippen LogP contribution in [0.25, 0.3) is 0 Å². The van der Waals surface area contributed by atoms with Crippen LogP contribution in [-0.2, 0) is 0 Å². The zero-order valence-electron chi connectivity index (χ0n) is 13.6. The number of halogens is 1. The molecule has 5 nitrogen and oxygen atoms in total. The summed E-state index contributed by atoms with van der Waals surface area (Å²) in [4.78, 5) is 6.69. The van der Waals surface area contributed by atoms with E-state index in [4.69, 9.17) is 14.5 Å². The van der Waals surface area contributed by atoms with Crippen molar-refractivity contribution in [3.63, 3.8) is 0 Å². The first-order valence-electron chi connectivity index (χ1n) is 7.15. The SMILES string of the molecule is CC=C1C(=Nc2ccc(OC)c(OC)c2)NC(Br)=CN1/C=C\C. The largest absolute Gasteiger partial charge is 0.493 e. The molecule has 122 valence electrons. The van der Waals surface area contributed by atoms with Crippen LogP contribution in [0, 0.1) is 0 Å². The molecule has 0 saturated carbocycles. The normalized spacial score (nSPS) is 18.3. The highest BCUT2D eigenvalue weighted by Gasteiger charge is 2.18. The zero-order valence-corrected chi connectivity index (χ0v) is 15.2. The summed E-state index contributed by atoms with van der Waals surface area (Å²) in [6.07, 6.45) is 7.90. The smallest absolute Gasteiger partial charge is 0.162 e. The molecule has 2 rings (SSSR count). The highest BCUT2D eigenvalue weighted by atomic mass is 79.9. The van der Waals surface area contributed by atoms with Crippen molar-refractivity contribution in [2.75, 3.05) is 14.2 Å². The Kier molecular flexibility index (Phi) is 5.87. The molecule has 0 fully saturated rings. The summed E-state index contributed by atoms with van der Waals surface area (Å²) in [5, 5.41) is 3.23. The lowest BCUT2D eigenvalue weighted by molar-refractivity contribution is 0.355. The maximum absolute atomic E-state index is 5.33. The molecule has 1 aliphatic rings. The maximum Gasteiger partial charge on any atom is 0.162 e. The van der Waals surface area contributed by atoms with Crippen LogP contribution in [-0.4, -0.2) is 25.0 Å². The van der Waals surface area contributed by atoms with E-state index in [0.717, 1.165) is 21.8 Å². The highest BCUT2D eigenvalue weighted by molar-refractivity contribution is 9.11. The van der Waals surface area contributed by atoms with Crippen molar-refractivity contribution in [2.24, 2.45) is 4.99 Å². The monoisotopic (exact) mass is 377 g/mol. The van der Waals surface area contributed by atoms with E-state index >= 15 is 0 Å². The van der Waals surface area contributed by atoms with Crippen LogP contribution < -0.4 is 14.8 Å². The van der Waals surface area contributed by atoms with Gasteiger partial charge in [0.15, 0.2) is 17.3 Å². The Labute approximate surface area is 145 Å². The summed E-state index contributed by atoms with van der Waals surface area (Å²) in [6.45, 7) is 3.95. The molecule has 0 bridgehead atoms. The van der Waals surface area contributed by atoms with Gasteiger partial charge in [0.2, 0.25) is 0 Å². The van der Waals surface area contributed by atoms with Gasteiger partial charge in [0.05, 0.1) is 25.6 Å². The van der Waals surface area contributed by atoms with E-state index in [-0.39, 0.29) is 0 Å². The number of nitrogens with one attached hydrogen (secondary N) is 1. The van der Waals surface area contributed by atoms with Gasteiger partial charge < -0.3 is 19.7 Å². The summed E-state index contributed by atoms with van der Waals surface area (Å²) in [7, 11) is 3.22. The predicted octanol–water partition coefficient (Wildman–Crippen LogP) is 4.27. The van der Waals surface area contributed by atoms with Gasteiger partial charge in [-0.2, -0.15) is 0 Å². The quantitative estimate of drug-likeness (QED) is 0.795. The summed E-state index contributed by atoms with van der Waals surface area (Å²) >= 11 is 3.48. The Morgan fingerprint density at radius 3 is 2.52 bits per heavy atom. The van der Waals surface area contributed by atoms with Crippen molar-refractivity contribution in [3.05, 3.63) is 53.1 Å². The summed E-state index contributed by atoms with van der Waals surface area (Å²) in [5.74, 6) is 2.07. The van der Waals surface area contributed by atoms with E-state index in [9.17, 15) is 0 Å². The Bertz CT molecular complexity index is 693. The Morgan fingerprint density at radius 1 is 1.17 bits per heavy atom. The number of rotatable bonds is 4. The second kappa shape index (κ2) is 7.87. The minimum absolute atomic E-state index is 0.645. The third kappa shape index (κ3) is 3.96. The molecule has 1 N–H and O–H groups in total. The molecule has 23 heavy (non-hydrogen) atoms. The van der Waals surface area contributed by atoms with E-state index in [1.165, 1.54) is 0 Å². The third-order valence-electron chi connectivity index (χ3n) is 3.20. The van der Waals surface area contributed by atoms with Gasteiger partial charge in [-0.1, -0.05) is 12.2 Å². The van der Waals surface area contributed by atoms with Gasteiger partial charge in [-0.3, -0.25) is 0 Å². The van der Waals surface area contributed by atoms with Gasteiger partial charge in [-0.05, 0) is 41.9 Å². The van der Waals surface area contributed by atoms with Crippen LogP contribution in [0.3, 0.4) is 0 Å².